The largest absolute Gasteiger partial charge is 0.325 e. The Balaban J connectivity index is 2.33. The SMILES string of the molecule is CCC(=O)Nc1cc(-n2cnnn2)ccc1Cl. The van der Waals surface area contributed by atoms with Crippen LogP contribution in [0.1, 0.15) is 13.3 Å². The minimum Gasteiger partial charge on any atom is -0.325 e. The third-order valence-corrected chi connectivity index (χ3v) is 2.49. The van der Waals surface area contributed by atoms with E-state index in [4.69, 9.17) is 11.6 Å². The lowest BCUT2D eigenvalue weighted by atomic mass is 10.2. The number of aromatic nitrogens is 4. The number of amides is 1. The van der Waals surface area contributed by atoms with Gasteiger partial charge in [-0.2, -0.15) is 0 Å². The molecule has 0 saturated carbocycles. The molecular weight excluding hydrogens is 242 g/mol. The molecule has 0 radical (unpaired) electrons. The van der Waals surface area contributed by atoms with Crippen LogP contribution >= 0.6 is 11.6 Å². The topological polar surface area (TPSA) is 72.7 Å². The minimum absolute atomic E-state index is 0.0965. The highest BCUT2D eigenvalue weighted by molar-refractivity contribution is 6.33. The zero-order chi connectivity index (χ0) is 12.3. The fraction of sp³-hybridized carbons (Fsp3) is 0.200. The van der Waals surface area contributed by atoms with E-state index in [0.29, 0.717) is 17.1 Å². The second kappa shape index (κ2) is 4.92. The van der Waals surface area contributed by atoms with Crippen molar-refractivity contribution in [1.82, 2.24) is 20.2 Å². The van der Waals surface area contributed by atoms with E-state index < -0.39 is 0 Å². The first kappa shape index (κ1) is 11.5. The average Bonchev–Trinajstić information content (AvgIpc) is 2.85. The number of benzene rings is 1. The maximum atomic E-state index is 11.3. The van der Waals surface area contributed by atoms with Crippen molar-refractivity contribution in [3.8, 4) is 5.69 Å². The molecule has 0 atom stereocenters. The van der Waals surface area contributed by atoms with Crippen molar-refractivity contribution in [2.45, 2.75) is 13.3 Å². The summed E-state index contributed by atoms with van der Waals surface area (Å²) in [5.41, 5.74) is 1.28. The van der Waals surface area contributed by atoms with Crippen molar-refractivity contribution in [1.29, 1.82) is 0 Å². The lowest BCUT2D eigenvalue weighted by molar-refractivity contribution is -0.115. The molecule has 7 heteroatoms. The van der Waals surface area contributed by atoms with Gasteiger partial charge >= 0.3 is 0 Å². The number of nitrogens with zero attached hydrogens (tertiary/aromatic N) is 4. The van der Waals surface area contributed by atoms with Gasteiger partial charge in [-0.15, -0.1) is 5.10 Å². The van der Waals surface area contributed by atoms with Crippen LogP contribution in [0.3, 0.4) is 0 Å². The Labute approximate surface area is 103 Å². The number of rotatable bonds is 3. The van der Waals surface area contributed by atoms with Gasteiger partial charge in [0.05, 0.1) is 16.4 Å². The predicted molar refractivity (Wildman–Crippen MR) is 63.1 cm³/mol. The Morgan fingerprint density at radius 3 is 3.00 bits per heavy atom. The predicted octanol–water partition coefficient (Wildman–Crippen LogP) is 1.66. The molecule has 0 unspecified atom stereocenters. The van der Waals surface area contributed by atoms with Crippen molar-refractivity contribution in [3.63, 3.8) is 0 Å². The third kappa shape index (κ3) is 2.59. The summed E-state index contributed by atoms with van der Waals surface area (Å²) in [7, 11) is 0. The summed E-state index contributed by atoms with van der Waals surface area (Å²) in [6.07, 6.45) is 1.86. The molecule has 0 aliphatic carbocycles. The van der Waals surface area contributed by atoms with E-state index in [0.717, 1.165) is 5.69 Å². The number of halogens is 1. The van der Waals surface area contributed by atoms with Crippen molar-refractivity contribution >= 4 is 23.2 Å². The molecule has 0 bridgehead atoms. The molecule has 6 nitrogen and oxygen atoms in total. The first-order chi connectivity index (χ1) is 8.20. The monoisotopic (exact) mass is 251 g/mol. The van der Waals surface area contributed by atoms with Crippen LogP contribution in [0, 0.1) is 0 Å². The van der Waals surface area contributed by atoms with Gasteiger partial charge in [0.15, 0.2) is 0 Å². The molecule has 0 spiro atoms. The second-order valence-electron chi connectivity index (χ2n) is 3.32. The molecule has 1 amide bonds. The van der Waals surface area contributed by atoms with Crippen molar-refractivity contribution in [2.24, 2.45) is 0 Å². The van der Waals surface area contributed by atoms with Gasteiger partial charge < -0.3 is 5.32 Å². The van der Waals surface area contributed by atoms with Crippen LogP contribution in [-0.2, 0) is 4.79 Å². The Bertz CT molecular complexity index is 525. The number of carbonyl (C=O) groups excluding carboxylic acids is 1. The van der Waals surface area contributed by atoms with Gasteiger partial charge in [-0.25, -0.2) is 4.68 Å². The number of nitrogens with one attached hydrogen (secondary N) is 1. The van der Waals surface area contributed by atoms with Crippen molar-refractivity contribution < 1.29 is 4.79 Å². The molecule has 2 aromatic rings. The van der Waals surface area contributed by atoms with Gasteiger partial charge in [-0.05, 0) is 28.6 Å². The van der Waals surface area contributed by atoms with E-state index >= 15 is 0 Å². The minimum atomic E-state index is -0.0965. The summed E-state index contributed by atoms with van der Waals surface area (Å²) in [4.78, 5) is 11.3. The van der Waals surface area contributed by atoms with Crippen LogP contribution in [0.4, 0.5) is 5.69 Å². The summed E-state index contributed by atoms with van der Waals surface area (Å²) in [6.45, 7) is 1.77. The lowest BCUT2D eigenvalue weighted by Crippen LogP contribution is -2.10. The fourth-order valence-corrected chi connectivity index (χ4v) is 1.43. The maximum Gasteiger partial charge on any atom is 0.224 e. The number of tetrazole rings is 1. The number of carbonyl (C=O) groups is 1. The molecule has 2 rings (SSSR count). The summed E-state index contributed by atoms with van der Waals surface area (Å²) in [5.74, 6) is -0.0965. The third-order valence-electron chi connectivity index (χ3n) is 2.16. The maximum absolute atomic E-state index is 11.3. The van der Waals surface area contributed by atoms with Crippen LogP contribution in [-0.4, -0.2) is 26.1 Å². The van der Waals surface area contributed by atoms with E-state index in [1.165, 1.54) is 11.0 Å². The number of hydrogen-bond donors (Lipinski definition) is 1. The molecular formula is C10H10ClN5O. The standard InChI is InChI=1S/C10H10ClN5O/c1-2-10(17)13-9-5-7(3-4-8(9)11)16-6-12-14-15-16/h3-6H,2H2,1H3,(H,13,17). The molecule has 88 valence electrons. The highest BCUT2D eigenvalue weighted by atomic mass is 35.5. The summed E-state index contributed by atoms with van der Waals surface area (Å²) in [6, 6.07) is 5.16. The first-order valence-corrected chi connectivity index (χ1v) is 5.41. The van der Waals surface area contributed by atoms with E-state index in [9.17, 15) is 4.79 Å². The Morgan fingerprint density at radius 2 is 2.35 bits per heavy atom. The van der Waals surface area contributed by atoms with Gasteiger partial charge in [0.2, 0.25) is 5.91 Å². The number of anilines is 1. The summed E-state index contributed by atoms with van der Waals surface area (Å²) in [5, 5.41) is 14.0. The van der Waals surface area contributed by atoms with E-state index in [2.05, 4.69) is 20.8 Å². The lowest BCUT2D eigenvalue weighted by Gasteiger charge is -2.08. The van der Waals surface area contributed by atoms with E-state index in [1.807, 2.05) is 0 Å². The Kier molecular flexibility index (Phi) is 3.34. The highest BCUT2D eigenvalue weighted by Crippen LogP contribution is 2.24. The average molecular weight is 252 g/mol. The van der Waals surface area contributed by atoms with Gasteiger partial charge in [0.25, 0.3) is 0 Å². The first-order valence-electron chi connectivity index (χ1n) is 5.03. The van der Waals surface area contributed by atoms with Gasteiger partial charge in [0, 0.05) is 6.42 Å². The van der Waals surface area contributed by atoms with Crippen molar-refractivity contribution in [2.75, 3.05) is 5.32 Å². The molecule has 1 aromatic carbocycles. The molecule has 0 aliphatic heterocycles. The zero-order valence-corrected chi connectivity index (χ0v) is 9.85. The Hall–Kier alpha value is -1.95. The molecule has 0 fully saturated rings. The van der Waals surface area contributed by atoms with Gasteiger partial charge in [0.1, 0.15) is 6.33 Å². The molecule has 1 heterocycles. The number of hydrogen-bond acceptors (Lipinski definition) is 4. The van der Waals surface area contributed by atoms with Crippen LogP contribution in [0.5, 0.6) is 0 Å². The molecule has 1 aromatic heterocycles. The fourth-order valence-electron chi connectivity index (χ4n) is 1.27. The highest BCUT2D eigenvalue weighted by Gasteiger charge is 2.06. The van der Waals surface area contributed by atoms with Crippen LogP contribution < -0.4 is 5.32 Å². The quantitative estimate of drug-likeness (QED) is 0.901. The van der Waals surface area contributed by atoms with Gasteiger partial charge in [-0.3, -0.25) is 4.79 Å². The van der Waals surface area contributed by atoms with Gasteiger partial charge in [-0.1, -0.05) is 18.5 Å². The zero-order valence-electron chi connectivity index (χ0n) is 9.09. The van der Waals surface area contributed by atoms with E-state index in [-0.39, 0.29) is 5.91 Å². The van der Waals surface area contributed by atoms with E-state index in [1.54, 1.807) is 25.1 Å². The molecule has 1 N–H and O–H groups in total. The molecule has 0 aliphatic rings. The van der Waals surface area contributed by atoms with Crippen LogP contribution in [0.25, 0.3) is 5.69 Å². The molecule has 0 saturated heterocycles. The van der Waals surface area contributed by atoms with Crippen LogP contribution in [0.15, 0.2) is 24.5 Å². The van der Waals surface area contributed by atoms with Crippen LogP contribution in [0.2, 0.25) is 5.02 Å². The Morgan fingerprint density at radius 1 is 1.53 bits per heavy atom. The summed E-state index contributed by atoms with van der Waals surface area (Å²) < 4.78 is 1.48. The molecule has 17 heavy (non-hydrogen) atoms. The van der Waals surface area contributed by atoms with Crippen molar-refractivity contribution in [3.05, 3.63) is 29.5 Å². The summed E-state index contributed by atoms with van der Waals surface area (Å²) >= 11 is 5.98. The normalized spacial score (nSPS) is 10.2. The second-order valence-corrected chi connectivity index (χ2v) is 3.73. The smallest absolute Gasteiger partial charge is 0.224 e.